The summed E-state index contributed by atoms with van der Waals surface area (Å²) in [6.45, 7) is 5.37. The van der Waals surface area contributed by atoms with Gasteiger partial charge in [-0.2, -0.15) is 0 Å². The van der Waals surface area contributed by atoms with E-state index in [-0.39, 0.29) is 41.8 Å². The van der Waals surface area contributed by atoms with Crippen LogP contribution in [0.2, 0.25) is 0 Å². The summed E-state index contributed by atoms with van der Waals surface area (Å²) in [6, 6.07) is 0. The molecule has 0 unspecified atom stereocenters. The molecule has 0 aromatic heterocycles. The number of rotatable bonds is 8. The molecule has 9 heteroatoms. The van der Waals surface area contributed by atoms with Gasteiger partial charge < -0.3 is 15.7 Å². The fraction of sp³-hybridized carbons (Fsp3) is 0.941. The summed E-state index contributed by atoms with van der Waals surface area (Å²) in [5.41, 5.74) is 0.119. The Balaban J connectivity index is 0.00000338. The van der Waals surface area contributed by atoms with E-state index in [4.69, 9.17) is 4.99 Å². The van der Waals surface area contributed by atoms with Crippen LogP contribution in [-0.2, 0) is 10.0 Å². The van der Waals surface area contributed by atoms with Crippen molar-refractivity contribution in [2.45, 2.75) is 51.9 Å². The molecule has 0 amide bonds. The van der Waals surface area contributed by atoms with Crippen molar-refractivity contribution in [2.75, 3.05) is 45.1 Å². The highest BCUT2D eigenvalue weighted by Gasteiger charge is 2.31. The molecule has 3 N–H and O–H groups in total. The molecule has 0 radical (unpaired) electrons. The van der Waals surface area contributed by atoms with Gasteiger partial charge in [0.15, 0.2) is 5.96 Å². The summed E-state index contributed by atoms with van der Waals surface area (Å²) in [5, 5.41) is 15.9. The van der Waals surface area contributed by atoms with Crippen LogP contribution in [0.4, 0.5) is 0 Å². The molecule has 2 rings (SSSR count). The minimum Gasteiger partial charge on any atom is -0.396 e. The summed E-state index contributed by atoms with van der Waals surface area (Å²) in [6.07, 6.45) is 7.49. The number of aliphatic hydroxyl groups is 1. The first-order chi connectivity index (χ1) is 12.0. The number of sulfonamides is 1. The van der Waals surface area contributed by atoms with Crippen molar-refractivity contribution in [1.29, 1.82) is 0 Å². The van der Waals surface area contributed by atoms with E-state index < -0.39 is 10.0 Å². The van der Waals surface area contributed by atoms with Crippen molar-refractivity contribution >= 4 is 40.0 Å². The molecular formula is C17H35IN4O3S. The molecule has 0 aromatic rings. The zero-order valence-electron chi connectivity index (χ0n) is 15.9. The average Bonchev–Trinajstić information content (AvgIpc) is 2.92. The van der Waals surface area contributed by atoms with Gasteiger partial charge in [-0.25, -0.2) is 12.7 Å². The third-order valence-corrected chi connectivity index (χ3v) is 7.29. The molecule has 7 nitrogen and oxygen atoms in total. The maximum absolute atomic E-state index is 11.8. The van der Waals surface area contributed by atoms with Gasteiger partial charge in [-0.3, -0.25) is 4.99 Å². The topological polar surface area (TPSA) is 94.0 Å². The third kappa shape index (κ3) is 7.12. The van der Waals surface area contributed by atoms with Crippen LogP contribution in [0.5, 0.6) is 0 Å². The zero-order valence-corrected chi connectivity index (χ0v) is 19.0. The van der Waals surface area contributed by atoms with E-state index in [1.807, 2.05) is 6.92 Å². The van der Waals surface area contributed by atoms with E-state index in [0.717, 1.165) is 38.2 Å². The summed E-state index contributed by atoms with van der Waals surface area (Å²) in [4.78, 5) is 4.74. The van der Waals surface area contributed by atoms with Gasteiger partial charge in [-0.05, 0) is 38.0 Å². The molecular weight excluding hydrogens is 467 g/mol. The average molecular weight is 502 g/mol. The van der Waals surface area contributed by atoms with Gasteiger partial charge in [0.2, 0.25) is 10.0 Å². The predicted octanol–water partition coefficient (Wildman–Crippen LogP) is 1.53. The number of hydrogen-bond donors (Lipinski definition) is 3. The molecule has 2 fully saturated rings. The van der Waals surface area contributed by atoms with E-state index in [1.165, 1.54) is 19.3 Å². The normalized spacial score (nSPS) is 22.6. The lowest BCUT2D eigenvalue weighted by atomic mass is 9.72. The first-order valence-electron chi connectivity index (χ1n) is 9.62. The molecule has 1 heterocycles. The molecule has 2 aliphatic rings. The van der Waals surface area contributed by atoms with E-state index in [1.54, 1.807) is 4.31 Å². The molecule has 0 spiro atoms. The summed E-state index contributed by atoms with van der Waals surface area (Å²) in [5.74, 6) is 1.01. The number of hydrogen-bond acceptors (Lipinski definition) is 4. The van der Waals surface area contributed by atoms with Crippen LogP contribution in [0.15, 0.2) is 4.99 Å². The maximum Gasteiger partial charge on any atom is 0.214 e. The standard InChI is InChI=1S/C17H34N4O3S.HI/c1-2-18-16(19-10-12-21-11-6-14-25(21,23)24)20-15-17(9-13-22)7-4-3-5-8-17;/h22H,2-15H2,1H3,(H2,18,19,20);1H. The van der Waals surface area contributed by atoms with Crippen LogP contribution in [-0.4, -0.2) is 68.9 Å². The second-order valence-corrected chi connectivity index (χ2v) is 9.31. The first kappa shape index (κ1) is 23.9. The Morgan fingerprint density at radius 2 is 1.92 bits per heavy atom. The Labute approximate surface area is 175 Å². The van der Waals surface area contributed by atoms with Crippen LogP contribution in [0.3, 0.4) is 0 Å². The van der Waals surface area contributed by atoms with Crippen LogP contribution < -0.4 is 10.6 Å². The van der Waals surface area contributed by atoms with Crippen molar-refractivity contribution in [3.05, 3.63) is 0 Å². The van der Waals surface area contributed by atoms with Crippen molar-refractivity contribution < 1.29 is 13.5 Å². The van der Waals surface area contributed by atoms with Gasteiger partial charge in [0.05, 0.1) is 5.75 Å². The Morgan fingerprint density at radius 3 is 2.50 bits per heavy atom. The quantitative estimate of drug-likeness (QED) is 0.266. The van der Waals surface area contributed by atoms with Gasteiger partial charge in [0.1, 0.15) is 0 Å². The molecule has 1 aliphatic carbocycles. The van der Waals surface area contributed by atoms with Crippen molar-refractivity contribution in [3.63, 3.8) is 0 Å². The molecule has 0 bridgehead atoms. The van der Waals surface area contributed by atoms with E-state index in [2.05, 4.69) is 10.6 Å². The summed E-state index contributed by atoms with van der Waals surface area (Å²) >= 11 is 0. The van der Waals surface area contributed by atoms with E-state index >= 15 is 0 Å². The minimum atomic E-state index is -3.04. The number of aliphatic hydroxyl groups excluding tert-OH is 1. The monoisotopic (exact) mass is 502 g/mol. The molecule has 1 aliphatic heterocycles. The van der Waals surface area contributed by atoms with Gasteiger partial charge in [0.25, 0.3) is 0 Å². The molecule has 0 aromatic carbocycles. The summed E-state index contributed by atoms with van der Waals surface area (Å²) < 4.78 is 25.2. The highest BCUT2D eigenvalue weighted by molar-refractivity contribution is 14.0. The Kier molecular flexibility index (Phi) is 10.7. The third-order valence-electron chi connectivity index (χ3n) is 5.33. The smallest absolute Gasteiger partial charge is 0.214 e. The van der Waals surface area contributed by atoms with Gasteiger partial charge in [-0.1, -0.05) is 19.3 Å². The molecule has 26 heavy (non-hydrogen) atoms. The van der Waals surface area contributed by atoms with Crippen molar-refractivity contribution in [3.8, 4) is 0 Å². The molecule has 1 saturated heterocycles. The zero-order chi connectivity index (χ0) is 18.2. The molecule has 0 atom stereocenters. The highest BCUT2D eigenvalue weighted by Crippen LogP contribution is 2.39. The highest BCUT2D eigenvalue weighted by atomic mass is 127. The Hall–Kier alpha value is -0.130. The number of halogens is 1. The number of nitrogens with one attached hydrogen (secondary N) is 2. The van der Waals surface area contributed by atoms with Gasteiger partial charge in [0, 0.05) is 39.3 Å². The van der Waals surface area contributed by atoms with E-state index in [9.17, 15) is 13.5 Å². The van der Waals surface area contributed by atoms with Gasteiger partial charge in [-0.15, -0.1) is 24.0 Å². The summed E-state index contributed by atoms with van der Waals surface area (Å²) in [7, 11) is -3.04. The fourth-order valence-corrected chi connectivity index (χ4v) is 5.38. The lowest BCUT2D eigenvalue weighted by Crippen LogP contribution is -2.42. The number of nitrogens with zero attached hydrogens (tertiary/aromatic N) is 2. The SMILES string of the molecule is CCNC(=NCC1(CCO)CCCCC1)NCCN1CCCS1(=O)=O.I. The lowest BCUT2D eigenvalue weighted by molar-refractivity contribution is 0.137. The van der Waals surface area contributed by atoms with Gasteiger partial charge >= 0.3 is 0 Å². The van der Waals surface area contributed by atoms with E-state index in [0.29, 0.717) is 26.2 Å². The number of aliphatic imine (C=N–C) groups is 1. The van der Waals surface area contributed by atoms with Crippen LogP contribution in [0.1, 0.15) is 51.9 Å². The van der Waals surface area contributed by atoms with Crippen molar-refractivity contribution in [2.24, 2.45) is 10.4 Å². The molecule has 1 saturated carbocycles. The minimum absolute atomic E-state index is 0. The van der Waals surface area contributed by atoms with Crippen LogP contribution in [0.25, 0.3) is 0 Å². The lowest BCUT2D eigenvalue weighted by Gasteiger charge is -2.35. The first-order valence-corrected chi connectivity index (χ1v) is 11.2. The predicted molar refractivity (Wildman–Crippen MR) is 117 cm³/mol. The van der Waals surface area contributed by atoms with Crippen molar-refractivity contribution in [1.82, 2.24) is 14.9 Å². The maximum atomic E-state index is 11.8. The molecule has 154 valence electrons. The van der Waals surface area contributed by atoms with Crippen LogP contribution in [0, 0.1) is 5.41 Å². The second kappa shape index (κ2) is 11.7. The largest absolute Gasteiger partial charge is 0.396 e. The Morgan fingerprint density at radius 1 is 1.19 bits per heavy atom. The number of guanidine groups is 1. The fourth-order valence-electron chi connectivity index (χ4n) is 3.86. The van der Waals surface area contributed by atoms with Crippen LogP contribution >= 0.6 is 24.0 Å². The Bertz CT molecular complexity index is 531. The second-order valence-electron chi connectivity index (χ2n) is 7.22.